The maximum absolute atomic E-state index is 4.56. The van der Waals surface area contributed by atoms with Crippen LogP contribution in [0, 0.1) is 0 Å². The average molecular weight is 205 g/mol. The SMILES string of the molecule is CCNc1cccc(CN(C)C2CC2)n1. The van der Waals surface area contributed by atoms with Crippen molar-refractivity contribution in [3.8, 4) is 0 Å². The van der Waals surface area contributed by atoms with Gasteiger partial charge in [-0.3, -0.25) is 4.90 Å². The first-order chi connectivity index (χ1) is 7.29. The highest BCUT2D eigenvalue weighted by molar-refractivity contribution is 5.34. The van der Waals surface area contributed by atoms with Gasteiger partial charge < -0.3 is 5.32 Å². The van der Waals surface area contributed by atoms with E-state index >= 15 is 0 Å². The molecule has 15 heavy (non-hydrogen) atoms. The third-order valence-electron chi connectivity index (χ3n) is 2.75. The van der Waals surface area contributed by atoms with Crippen LogP contribution in [0.25, 0.3) is 0 Å². The number of aromatic nitrogens is 1. The Morgan fingerprint density at radius 2 is 2.27 bits per heavy atom. The van der Waals surface area contributed by atoms with Gasteiger partial charge in [0, 0.05) is 19.1 Å². The number of anilines is 1. The molecule has 1 saturated carbocycles. The largest absolute Gasteiger partial charge is 0.370 e. The van der Waals surface area contributed by atoms with Crippen LogP contribution in [0.1, 0.15) is 25.5 Å². The van der Waals surface area contributed by atoms with Gasteiger partial charge in [-0.15, -0.1) is 0 Å². The second-order valence-electron chi connectivity index (χ2n) is 4.19. The lowest BCUT2D eigenvalue weighted by Crippen LogP contribution is -2.20. The number of rotatable bonds is 5. The smallest absolute Gasteiger partial charge is 0.126 e. The third-order valence-corrected chi connectivity index (χ3v) is 2.75. The van der Waals surface area contributed by atoms with Crippen LogP contribution in [0.2, 0.25) is 0 Å². The molecule has 82 valence electrons. The van der Waals surface area contributed by atoms with Gasteiger partial charge in [-0.25, -0.2) is 4.98 Å². The molecule has 1 aliphatic rings. The van der Waals surface area contributed by atoms with Gasteiger partial charge in [0.2, 0.25) is 0 Å². The van der Waals surface area contributed by atoms with Gasteiger partial charge in [-0.2, -0.15) is 0 Å². The van der Waals surface area contributed by atoms with Gasteiger partial charge in [-0.1, -0.05) is 6.07 Å². The van der Waals surface area contributed by atoms with Gasteiger partial charge in [0.05, 0.1) is 5.69 Å². The molecule has 3 heteroatoms. The maximum Gasteiger partial charge on any atom is 0.126 e. The Bertz CT molecular complexity index is 320. The van der Waals surface area contributed by atoms with Crippen molar-refractivity contribution in [2.75, 3.05) is 18.9 Å². The van der Waals surface area contributed by atoms with Crippen LogP contribution in [0.15, 0.2) is 18.2 Å². The van der Waals surface area contributed by atoms with Crippen LogP contribution >= 0.6 is 0 Å². The lowest BCUT2D eigenvalue weighted by atomic mass is 10.3. The fourth-order valence-corrected chi connectivity index (χ4v) is 1.75. The topological polar surface area (TPSA) is 28.2 Å². The summed E-state index contributed by atoms with van der Waals surface area (Å²) in [4.78, 5) is 6.95. The monoisotopic (exact) mass is 205 g/mol. The molecule has 0 unspecified atom stereocenters. The Morgan fingerprint density at radius 3 is 2.93 bits per heavy atom. The molecule has 0 aromatic carbocycles. The summed E-state index contributed by atoms with van der Waals surface area (Å²) >= 11 is 0. The highest BCUT2D eigenvalue weighted by Gasteiger charge is 2.26. The summed E-state index contributed by atoms with van der Waals surface area (Å²) in [5, 5.41) is 3.24. The van der Waals surface area contributed by atoms with Crippen LogP contribution in [0.4, 0.5) is 5.82 Å². The minimum Gasteiger partial charge on any atom is -0.370 e. The van der Waals surface area contributed by atoms with Gasteiger partial charge in [0.15, 0.2) is 0 Å². The zero-order chi connectivity index (χ0) is 10.7. The molecule has 0 aliphatic heterocycles. The fourth-order valence-electron chi connectivity index (χ4n) is 1.75. The number of nitrogens with one attached hydrogen (secondary N) is 1. The molecule has 0 atom stereocenters. The molecule has 0 spiro atoms. The van der Waals surface area contributed by atoms with E-state index in [0.29, 0.717) is 0 Å². The maximum atomic E-state index is 4.56. The number of pyridine rings is 1. The molecular formula is C12H19N3. The lowest BCUT2D eigenvalue weighted by molar-refractivity contribution is 0.312. The van der Waals surface area contributed by atoms with E-state index in [9.17, 15) is 0 Å². The van der Waals surface area contributed by atoms with E-state index in [0.717, 1.165) is 30.6 Å². The normalized spacial score (nSPS) is 15.7. The second-order valence-corrected chi connectivity index (χ2v) is 4.19. The van der Waals surface area contributed by atoms with E-state index in [4.69, 9.17) is 0 Å². The quantitative estimate of drug-likeness (QED) is 0.798. The standard InChI is InChI=1S/C12H19N3/c1-3-13-12-6-4-5-10(14-12)9-15(2)11-7-8-11/h4-6,11H,3,7-9H2,1-2H3,(H,13,14). The molecule has 2 rings (SSSR count). The Balaban J connectivity index is 1.97. The van der Waals surface area contributed by atoms with Crippen LogP contribution in [0.3, 0.4) is 0 Å². The molecule has 1 aromatic rings. The lowest BCUT2D eigenvalue weighted by Gasteiger charge is -2.15. The minimum atomic E-state index is 0.801. The Morgan fingerprint density at radius 1 is 1.47 bits per heavy atom. The van der Waals surface area contributed by atoms with Crippen LogP contribution in [-0.2, 0) is 6.54 Å². The highest BCUT2D eigenvalue weighted by atomic mass is 15.2. The molecule has 0 radical (unpaired) electrons. The molecule has 0 bridgehead atoms. The van der Waals surface area contributed by atoms with Crippen molar-refractivity contribution >= 4 is 5.82 Å². The van der Waals surface area contributed by atoms with E-state index in [2.05, 4.69) is 41.3 Å². The summed E-state index contributed by atoms with van der Waals surface area (Å²) in [5.41, 5.74) is 1.16. The van der Waals surface area contributed by atoms with Crippen molar-refractivity contribution in [2.45, 2.75) is 32.4 Å². The van der Waals surface area contributed by atoms with E-state index in [1.54, 1.807) is 0 Å². The molecule has 3 nitrogen and oxygen atoms in total. The molecule has 1 N–H and O–H groups in total. The Labute approximate surface area is 91.5 Å². The summed E-state index contributed by atoms with van der Waals surface area (Å²) < 4.78 is 0. The molecule has 1 aliphatic carbocycles. The van der Waals surface area contributed by atoms with Gasteiger partial charge in [0.25, 0.3) is 0 Å². The van der Waals surface area contributed by atoms with Gasteiger partial charge in [0.1, 0.15) is 5.82 Å². The molecule has 1 heterocycles. The minimum absolute atomic E-state index is 0.801. The zero-order valence-electron chi connectivity index (χ0n) is 9.53. The number of hydrogen-bond acceptors (Lipinski definition) is 3. The predicted molar refractivity (Wildman–Crippen MR) is 62.9 cm³/mol. The summed E-state index contributed by atoms with van der Waals surface area (Å²) in [6, 6.07) is 6.99. The van der Waals surface area contributed by atoms with Crippen molar-refractivity contribution < 1.29 is 0 Å². The molecule has 1 aromatic heterocycles. The van der Waals surface area contributed by atoms with Gasteiger partial charge in [-0.05, 0) is 38.9 Å². The third kappa shape index (κ3) is 2.93. The van der Waals surface area contributed by atoms with Crippen molar-refractivity contribution in [1.82, 2.24) is 9.88 Å². The summed E-state index contributed by atoms with van der Waals surface area (Å²) in [7, 11) is 2.18. The average Bonchev–Trinajstić information content (AvgIpc) is 3.01. The summed E-state index contributed by atoms with van der Waals surface area (Å²) in [6.45, 7) is 3.98. The zero-order valence-corrected chi connectivity index (χ0v) is 9.53. The first kappa shape index (κ1) is 10.4. The van der Waals surface area contributed by atoms with E-state index in [1.165, 1.54) is 12.8 Å². The fraction of sp³-hybridized carbons (Fsp3) is 0.583. The first-order valence-corrected chi connectivity index (χ1v) is 5.69. The highest BCUT2D eigenvalue weighted by Crippen LogP contribution is 2.26. The van der Waals surface area contributed by atoms with Crippen molar-refractivity contribution in [2.24, 2.45) is 0 Å². The van der Waals surface area contributed by atoms with Crippen molar-refractivity contribution in [3.05, 3.63) is 23.9 Å². The molecule has 0 amide bonds. The van der Waals surface area contributed by atoms with E-state index in [1.807, 2.05) is 6.07 Å². The Hall–Kier alpha value is -1.09. The molecule has 0 saturated heterocycles. The number of hydrogen-bond donors (Lipinski definition) is 1. The molecular weight excluding hydrogens is 186 g/mol. The van der Waals surface area contributed by atoms with E-state index in [-0.39, 0.29) is 0 Å². The molecule has 1 fully saturated rings. The van der Waals surface area contributed by atoms with Crippen LogP contribution in [0.5, 0.6) is 0 Å². The van der Waals surface area contributed by atoms with Gasteiger partial charge >= 0.3 is 0 Å². The summed E-state index contributed by atoms with van der Waals surface area (Å²) in [6.07, 6.45) is 2.70. The Kier molecular flexibility index (Phi) is 3.21. The van der Waals surface area contributed by atoms with Crippen molar-refractivity contribution in [3.63, 3.8) is 0 Å². The first-order valence-electron chi connectivity index (χ1n) is 5.69. The van der Waals surface area contributed by atoms with E-state index < -0.39 is 0 Å². The predicted octanol–water partition coefficient (Wildman–Crippen LogP) is 2.11. The second kappa shape index (κ2) is 4.62. The summed E-state index contributed by atoms with van der Waals surface area (Å²) in [5.74, 6) is 0.985. The number of nitrogens with zero attached hydrogens (tertiary/aromatic N) is 2. The van der Waals surface area contributed by atoms with Crippen LogP contribution < -0.4 is 5.32 Å². The van der Waals surface area contributed by atoms with Crippen LogP contribution in [-0.4, -0.2) is 29.5 Å². The van der Waals surface area contributed by atoms with Crippen molar-refractivity contribution in [1.29, 1.82) is 0 Å².